The number of carbonyl (C=O) groups excluding carboxylic acids is 1. The number of aryl methyl sites for hydroxylation is 2. The van der Waals surface area contributed by atoms with Crippen molar-refractivity contribution in [3.05, 3.63) is 94.2 Å². The summed E-state index contributed by atoms with van der Waals surface area (Å²) in [5.41, 5.74) is 3.89. The average Bonchev–Trinajstić information content (AvgIpc) is 3.29. The molecule has 1 heterocycles. The second kappa shape index (κ2) is 13.8. The number of imidazole rings is 1. The molecule has 0 radical (unpaired) electrons. The summed E-state index contributed by atoms with van der Waals surface area (Å²) in [6, 6.07) is 21.6. The Hall–Kier alpha value is -3.58. The van der Waals surface area contributed by atoms with Gasteiger partial charge in [0, 0.05) is 29.5 Å². The van der Waals surface area contributed by atoms with Crippen molar-refractivity contribution in [3.8, 4) is 11.5 Å². The lowest BCUT2D eigenvalue weighted by Crippen LogP contribution is -2.25. The van der Waals surface area contributed by atoms with Gasteiger partial charge in [0.1, 0.15) is 5.82 Å². The topological polar surface area (TPSA) is 65.4 Å². The number of unbranched alkanes of at least 4 members (excludes halogenated alkanes) is 1. The van der Waals surface area contributed by atoms with Crippen LogP contribution in [0.5, 0.6) is 11.5 Å². The minimum atomic E-state index is -0.0564. The highest BCUT2D eigenvalue weighted by molar-refractivity contribution is 9.10. The maximum atomic E-state index is 12.4. The fourth-order valence-electron chi connectivity index (χ4n) is 4.37. The molecule has 0 aliphatic carbocycles. The Morgan fingerprint density at radius 2 is 1.84 bits per heavy atom. The number of nitrogens with zero attached hydrogens (tertiary/aromatic N) is 2. The normalized spacial score (nSPS) is 11.2. The summed E-state index contributed by atoms with van der Waals surface area (Å²) in [5.74, 6) is 2.50. The van der Waals surface area contributed by atoms with Gasteiger partial charge in [-0.2, -0.15) is 0 Å². The van der Waals surface area contributed by atoms with Crippen LogP contribution in [0, 0.1) is 0 Å². The predicted octanol–water partition coefficient (Wildman–Crippen LogP) is 7.06. The van der Waals surface area contributed by atoms with Gasteiger partial charge < -0.3 is 19.4 Å². The Kier molecular flexibility index (Phi) is 9.98. The molecule has 0 bridgehead atoms. The molecule has 0 unspecified atom stereocenters. The van der Waals surface area contributed by atoms with Crippen LogP contribution in [0.2, 0.25) is 0 Å². The van der Waals surface area contributed by atoms with Gasteiger partial charge in [-0.15, -0.1) is 0 Å². The Labute approximate surface area is 232 Å². The summed E-state index contributed by atoms with van der Waals surface area (Å²) < 4.78 is 14.8. The Balaban J connectivity index is 1.29. The summed E-state index contributed by atoms with van der Waals surface area (Å²) in [6.45, 7) is 4.07. The maximum Gasteiger partial charge on any atom is 0.251 e. The van der Waals surface area contributed by atoms with Crippen LogP contribution in [0.25, 0.3) is 17.1 Å². The Morgan fingerprint density at radius 3 is 2.63 bits per heavy atom. The molecule has 6 nitrogen and oxygen atoms in total. The van der Waals surface area contributed by atoms with E-state index in [0.717, 1.165) is 70.6 Å². The van der Waals surface area contributed by atoms with Gasteiger partial charge >= 0.3 is 0 Å². The molecular weight excluding hydrogens is 542 g/mol. The smallest absolute Gasteiger partial charge is 0.251 e. The van der Waals surface area contributed by atoms with Crippen LogP contribution in [0.4, 0.5) is 0 Å². The largest absolute Gasteiger partial charge is 0.493 e. The molecular formula is C31H34BrN3O3. The van der Waals surface area contributed by atoms with Gasteiger partial charge in [0.25, 0.3) is 5.91 Å². The van der Waals surface area contributed by atoms with E-state index < -0.39 is 0 Å². The number of amides is 1. The number of hydrogen-bond acceptors (Lipinski definition) is 4. The number of ether oxygens (including phenoxy) is 2. The molecule has 1 amide bonds. The first kappa shape index (κ1) is 27.5. The van der Waals surface area contributed by atoms with Gasteiger partial charge in [-0.25, -0.2) is 4.98 Å². The number of aromatic nitrogens is 2. The lowest BCUT2D eigenvalue weighted by molar-refractivity contribution is 0.0953. The molecule has 1 aromatic heterocycles. The highest BCUT2D eigenvalue weighted by Crippen LogP contribution is 2.29. The van der Waals surface area contributed by atoms with Crippen LogP contribution < -0.4 is 14.8 Å². The summed E-state index contributed by atoms with van der Waals surface area (Å²) in [5, 5.41) is 3.02. The van der Waals surface area contributed by atoms with E-state index in [9.17, 15) is 4.79 Å². The van der Waals surface area contributed by atoms with E-state index in [-0.39, 0.29) is 5.91 Å². The Bertz CT molecular complexity index is 1380. The van der Waals surface area contributed by atoms with Gasteiger partial charge in [0.2, 0.25) is 0 Å². The zero-order valence-electron chi connectivity index (χ0n) is 22.0. The molecule has 3 aromatic carbocycles. The molecule has 0 saturated carbocycles. The quantitative estimate of drug-likeness (QED) is 0.173. The van der Waals surface area contributed by atoms with Crippen LogP contribution in [0.3, 0.4) is 0 Å². The van der Waals surface area contributed by atoms with Crippen LogP contribution in [0.1, 0.15) is 47.9 Å². The van der Waals surface area contributed by atoms with E-state index in [0.29, 0.717) is 18.7 Å². The SMILES string of the molecule is C/C=C/c1ccc(OCCCCn2c(CCCNC(=O)c3ccc(Br)cc3)nc3ccccc32)c(OC)c1. The number of nitrogens with one attached hydrogen (secondary N) is 1. The van der Waals surface area contributed by atoms with Crippen LogP contribution in [-0.2, 0) is 13.0 Å². The average molecular weight is 577 g/mol. The van der Waals surface area contributed by atoms with Crippen molar-refractivity contribution in [1.29, 1.82) is 0 Å². The van der Waals surface area contributed by atoms with Crippen molar-refractivity contribution in [2.24, 2.45) is 0 Å². The monoisotopic (exact) mass is 575 g/mol. The summed E-state index contributed by atoms with van der Waals surface area (Å²) in [6.07, 6.45) is 7.53. The van der Waals surface area contributed by atoms with Crippen molar-refractivity contribution >= 4 is 38.9 Å². The fourth-order valence-corrected chi connectivity index (χ4v) is 4.64. The highest BCUT2D eigenvalue weighted by Gasteiger charge is 2.11. The third-order valence-electron chi connectivity index (χ3n) is 6.28. The van der Waals surface area contributed by atoms with Gasteiger partial charge in [-0.1, -0.05) is 46.3 Å². The first-order chi connectivity index (χ1) is 18.6. The molecule has 0 saturated heterocycles. The van der Waals surface area contributed by atoms with Crippen LogP contribution in [-0.4, -0.2) is 35.7 Å². The van der Waals surface area contributed by atoms with Crippen molar-refractivity contribution in [1.82, 2.24) is 14.9 Å². The number of methoxy groups -OCH3 is 1. The minimum absolute atomic E-state index is 0.0564. The third-order valence-corrected chi connectivity index (χ3v) is 6.81. The first-order valence-corrected chi connectivity index (χ1v) is 13.8. The lowest BCUT2D eigenvalue weighted by Gasteiger charge is -2.12. The van der Waals surface area contributed by atoms with Crippen LogP contribution in [0.15, 0.2) is 77.3 Å². The van der Waals surface area contributed by atoms with E-state index in [1.807, 2.05) is 67.6 Å². The van der Waals surface area contributed by atoms with E-state index in [1.54, 1.807) is 7.11 Å². The molecule has 0 spiro atoms. The fraction of sp³-hybridized carbons (Fsp3) is 0.290. The first-order valence-electron chi connectivity index (χ1n) is 13.0. The summed E-state index contributed by atoms with van der Waals surface area (Å²) in [4.78, 5) is 17.3. The van der Waals surface area contributed by atoms with Crippen molar-refractivity contribution in [2.45, 2.75) is 39.2 Å². The second-order valence-electron chi connectivity index (χ2n) is 9.00. The molecule has 7 heteroatoms. The molecule has 38 heavy (non-hydrogen) atoms. The molecule has 0 aliphatic rings. The van der Waals surface area contributed by atoms with Gasteiger partial charge in [-0.05, 0) is 80.3 Å². The highest BCUT2D eigenvalue weighted by atomic mass is 79.9. The number of hydrogen-bond donors (Lipinski definition) is 1. The van der Waals surface area contributed by atoms with Crippen molar-refractivity contribution in [2.75, 3.05) is 20.3 Å². The zero-order chi connectivity index (χ0) is 26.7. The minimum Gasteiger partial charge on any atom is -0.493 e. The van der Waals surface area contributed by atoms with E-state index in [2.05, 4.69) is 44.0 Å². The Morgan fingerprint density at radius 1 is 1.03 bits per heavy atom. The molecule has 4 rings (SSSR count). The number of para-hydroxylation sites is 2. The zero-order valence-corrected chi connectivity index (χ0v) is 23.5. The molecule has 0 fully saturated rings. The summed E-state index contributed by atoms with van der Waals surface area (Å²) >= 11 is 3.40. The molecule has 0 atom stereocenters. The summed E-state index contributed by atoms with van der Waals surface area (Å²) in [7, 11) is 1.67. The molecule has 0 aliphatic heterocycles. The number of halogens is 1. The van der Waals surface area contributed by atoms with Crippen LogP contribution >= 0.6 is 15.9 Å². The maximum absolute atomic E-state index is 12.4. The second-order valence-corrected chi connectivity index (χ2v) is 9.92. The number of benzene rings is 3. The molecule has 1 N–H and O–H groups in total. The van der Waals surface area contributed by atoms with Crippen molar-refractivity contribution in [3.63, 3.8) is 0 Å². The van der Waals surface area contributed by atoms with Gasteiger partial charge in [0.05, 0.1) is 24.8 Å². The lowest BCUT2D eigenvalue weighted by atomic mass is 10.2. The van der Waals surface area contributed by atoms with E-state index in [1.165, 1.54) is 0 Å². The molecule has 198 valence electrons. The van der Waals surface area contributed by atoms with Gasteiger partial charge in [0.15, 0.2) is 11.5 Å². The number of carbonyl (C=O) groups is 1. The number of rotatable bonds is 13. The predicted molar refractivity (Wildman–Crippen MR) is 157 cm³/mol. The van der Waals surface area contributed by atoms with E-state index >= 15 is 0 Å². The number of fused-ring (bicyclic) bond motifs is 1. The third kappa shape index (κ3) is 7.25. The standard InChI is InChI=1S/C31H34BrN3O3/c1-3-9-23-13-18-28(29(22-23)37-2)38-21-7-6-20-35-27-11-5-4-10-26(27)34-30(35)12-8-19-33-31(36)24-14-16-25(32)17-15-24/h3-5,9-11,13-18,22H,6-8,12,19-21H2,1-2H3,(H,33,36)/b9-3+. The van der Waals surface area contributed by atoms with Crippen molar-refractivity contribution < 1.29 is 14.3 Å². The molecule has 4 aromatic rings. The van der Waals surface area contributed by atoms with E-state index in [4.69, 9.17) is 14.5 Å². The number of allylic oxidation sites excluding steroid dienone is 1. The van der Waals surface area contributed by atoms with Gasteiger partial charge in [-0.3, -0.25) is 4.79 Å².